The van der Waals surface area contributed by atoms with E-state index in [4.69, 9.17) is 0 Å². The molecule has 3 aromatic carbocycles. The van der Waals surface area contributed by atoms with E-state index in [2.05, 4.69) is 127 Å². The first-order chi connectivity index (χ1) is 22.8. The van der Waals surface area contributed by atoms with E-state index in [-0.39, 0.29) is 39.0 Å². The Hall–Kier alpha value is -4.05. The van der Waals surface area contributed by atoms with Gasteiger partial charge in [-0.3, -0.25) is 29.7 Å². The van der Waals surface area contributed by atoms with Crippen molar-refractivity contribution < 1.29 is 39.0 Å². The van der Waals surface area contributed by atoms with Crippen LogP contribution in [-0.2, 0) is 78.2 Å². The van der Waals surface area contributed by atoms with Crippen LogP contribution < -0.4 is 0 Å². The number of benzene rings is 3. The van der Waals surface area contributed by atoms with Gasteiger partial charge in [-0.2, -0.15) is 0 Å². The number of nitrogens with zero attached hydrogens (tertiary/aromatic N) is 6. The fraction of sp³-hybridized carbons (Fsp3) is 0.150. The van der Waals surface area contributed by atoms with Crippen LogP contribution in [0.15, 0.2) is 146 Å². The third kappa shape index (κ3) is 8.69. The van der Waals surface area contributed by atoms with Gasteiger partial charge >= 0.3 is 39.0 Å². The van der Waals surface area contributed by atoms with Crippen LogP contribution in [0, 0.1) is 0 Å². The molecule has 0 bridgehead atoms. The molecule has 0 saturated carbocycles. The van der Waals surface area contributed by atoms with E-state index in [0.29, 0.717) is 0 Å². The largest absolute Gasteiger partial charge is 2.00 e. The summed E-state index contributed by atoms with van der Waals surface area (Å²) in [6.45, 7) is 4.43. The number of hydrogen-bond donors (Lipinski definition) is 0. The van der Waals surface area contributed by atoms with Crippen LogP contribution in [-0.4, -0.2) is 29.7 Å². The molecule has 6 nitrogen and oxygen atoms in total. The average molecular weight is 732 g/mol. The Kier molecular flexibility index (Phi) is 12.8. The van der Waals surface area contributed by atoms with Crippen molar-refractivity contribution >= 4 is 21.5 Å². The first-order valence-corrected chi connectivity index (χ1v) is 15.8. The molecule has 0 aliphatic heterocycles. The maximum absolute atomic E-state index is 4.66. The zero-order chi connectivity index (χ0) is 31.0. The molecule has 226 valence electrons. The predicted molar refractivity (Wildman–Crippen MR) is 184 cm³/mol. The molecule has 4 heterocycles. The SMILES string of the molecule is [Zn+2].[Zn+2].c1ccc(CN(Cc2ccccn2)Cc2c3ccccc3c(CN(Cc3ccccn3)Cc3ccccn3)c3ccccc23)nc1. The Bertz CT molecular complexity index is 1730. The molecule has 0 N–H and O–H groups in total. The Morgan fingerprint density at radius 1 is 0.312 bits per heavy atom. The van der Waals surface area contributed by atoms with Gasteiger partial charge in [0.1, 0.15) is 0 Å². The smallest absolute Gasteiger partial charge is 0.287 e. The normalized spacial score (nSPS) is 11.0. The molecule has 0 spiro atoms. The molecule has 0 aliphatic rings. The molecule has 0 atom stereocenters. The van der Waals surface area contributed by atoms with Crippen LogP contribution in [0.5, 0.6) is 0 Å². The monoisotopic (exact) mass is 728 g/mol. The second kappa shape index (κ2) is 17.4. The quantitative estimate of drug-likeness (QED) is 0.0940. The Labute approximate surface area is 307 Å². The van der Waals surface area contributed by atoms with Crippen LogP contribution in [0.4, 0.5) is 0 Å². The van der Waals surface area contributed by atoms with E-state index < -0.39 is 0 Å². The van der Waals surface area contributed by atoms with E-state index in [1.54, 1.807) is 0 Å². The summed E-state index contributed by atoms with van der Waals surface area (Å²) < 4.78 is 0. The summed E-state index contributed by atoms with van der Waals surface area (Å²) in [6, 6.07) is 42.3. The number of aromatic nitrogens is 4. The van der Waals surface area contributed by atoms with Gasteiger partial charge in [-0.25, -0.2) is 0 Å². The van der Waals surface area contributed by atoms with Crippen LogP contribution in [0.25, 0.3) is 21.5 Å². The number of pyridine rings is 4. The second-order valence-corrected chi connectivity index (χ2v) is 11.6. The minimum Gasteiger partial charge on any atom is -0.287 e. The van der Waals surface area contributed by atoms with Crippen molar-refractivity contribution in [2.24, 2.45) is 0 Å². The third-order valence-electron chi connectivity index (χ3n) is 8.37. The number of fused-ring (bicyclic) bond motifs is 2. The number of hydrogen-bond acceptors (Lipinski definition) is 6. The van der Waals surface area contributed by atoms with Crippen LogP contribution in [0.3, 0.4) is 0 Å². The van der Waals surface area contributed by atoms with E-state index in [1.807, 2.05) is 49.1 Å². The summed E-state index contributed by atoms with van der Waals surface area (Å²) in [5.41, 5.74) is 6.82. The first kappa shape index (κ1) is 35.3. The van der Waals surface area contributed by atoms with E-state index >= 15 is 0 Å². The summed E-state index contributed by atoms with van der Waals surface area (Å²) in [4.78, 5) is 23.6. The Morgan fingerprint density at radius 2 is 0.562 bits per heavy atom. The summed E-state index contributed by atoms with van der Waals surface area (Å²) >= 11 is 0. The molecule has 0 radical (unpaired) electrons. The molecule has 0 saturated heterocycles. The van der Waals surface area contributed by atoms with Gasteiger partial charge in [0.25, 0.3) is 0 Å². The minimum atomic E-state index is 0. The number of rotatable bonds is 12. The predicted octanol–water partition coefficient (Wildman–Crippen LogP) is 7.97. The van der Waals surface area contributed by atoms with Crippen LogP contribution in [0.1, 0.15) is 33.9 Å². The zero-order valence-corrected chi connectivity index (χ0v) is 33.1. The van der Waals surface area contributed by atoms with Crippen molar-refractivity contribution in [2.45, 2.75) is 39.3 Å². The maximum atomic E-state index is 4.66. The van der Waals surface area contributed by atoms with Gasteiger partial charge in [0.05, 0.1) is 22.8 Å². The van der Waals surface area contributed by atoms with Gasteiger partial charge in [-0.05, 0) is 81.2 Å². The molecule has 0 aliphatic carbocycles. The van der Waals surface area contributed by atoms with Crippen molar-refractivity contribution in [1.29, 1.82) is 0 Å². The topological polar surface area (TPSA) is 58.0 Å². The van der Waals surface area contributed by atoms with Crippen LogP contribution in [0.2, 0.25) is 0 Å². The standard InChI is InChI=1S/C40H36N6.2Zn/c1-2-18-36-35(17-1)39(29-45(25-31-13-5-9-21-41-31)26-32-14-6-10-22-42-32)37-19-3-4-20-38(37)40(36)30-46(27-33-15-7-11-23-43-33)28-34-16-8-12-24-44-34;;/h1-24H,25-30H2;;/q;2*+2. The zero-order valence-electron chi connectivity index (χ0n) is 27.2. The fourth-order valence-electron chi connectivity index (χ4n) is 6.32. The van der Waals surface area contributed by atoms with Gasteiger partial charge in [-0.15, -0.1) is 0 Å². The van der Waals surface area contributed by atoms with E-state index in [0.717, 1.165) is 62.0 Å². The van der Waals surface area contributed by atoms with Crippen molar-refractivity contribution in [2.75, 3.05) is 0 Å². The van der Waals surface area contributed by atoms with Crippen molar-refractivity contribution in [3.63, 3.8) is 0 Å². The van der Waals surface area contributed by atoms with Gasteiger partial charge in [0.15, 0.2) is 0 Å². The first-order valence-electron chi connectivity index (χ1n) is 15.8. The molecule has 48 heavy (non-hydrogen) atoms. The van der Waals surface area contributed by atoms with Gasteiger partial charge in [0, 0.05) is 64.1 Å². The fourth-order valence-corrected chi connectivity index (χ4v) is 6.32. The minimum absolute atomic E-state index is 0. The molecule has 0 unspecified atom stereocenters. The summed E-state index contributed by atoms with van der Waals surface area (Å²) in [5.74, 6) is 0. The van der Waals surface area contributed by atoms with Crippen molar-refractivity contribution in [3.8, 4) is 0 Å². The molecule has 0 fully saturated rings. The molecule has 7 aromatic rings. The molecular formula is C40H36N6Zn2+4. The average Bonchev–Trinajstić information content (AvgIpc) is 3.11. The maximum Gasteiger partial charge on any atom is 2.00 e. The van der Waals surface area contributed by atoms with E-state index in [9.17, 15) is 0 Å². The van der Waals surface area contributed by atoms with Crippen molar-refractivity contribution in [3.05, 3.63) is 180 Å². The Balaban J connectivity index is 0.00000225. The van der Waals surface area contributed by atoms with Crippen LogP contribution >= 0.6 is 0 Å². The second-order valence-electron chi connectivity index (χ2n) is 11.6. The van der Waals surface area contributed by atoms with E-state index in [1.165, 1.54) is 32.7 Å². The Morgan fingerprint density at radius 3 is 0.792 bits per heavy atom. The van der Waals surface area contributed by atoms with Gasteiger partial charge < -0.3 is 0 Å². The van der Waals surface area contributed by atoms with Gasteiger partial charge in [-0.1, -0.05) is 72.8 Å². The van der Waals surface area contributed by atoms with Gasteiger partial charge in [0.2, 0.25) is 0 Å². The molecule has 7 rings (SSSR count). The molecule has 4 aromatic heterocycles. The third-order valence-corrected chi connectivity index (χ3v) is 8.37. The summed E-state index contributed by atoms with van der Waals surface area (Å²) in [6.07, 6.45) is 7.48. The summed E-state index contributed by atoms with van der Waals surface area (Å²) in [7, 11) is 0. The molecular weight excluding hydrogens is 695 g/mol. The summed E-state index contributed by atoms with van der Waals surface area (Å²) in [5, 5.41) is 5.11. The van der Waals surface area contributed by atoms with Crippen molar-refractivity contribution in [1.82, 2.24) is 29.7 Å². The molecule has 0 amide bonds. The molecule has 8 heteroatoms.